The number of nitrogens with one attached hydrogen (secondary N) is 1. The summed E-state index contributed by atoms with van der Waals surface area (Å²) in [4.78, 5) is 11.7. The van der Waals surface area contributed by atoms with Gasteiger partial charge in [0.25, 0.3) is 0 Å². The van der Waals surface area contributed by atoms with Crippen molar-refractivity contribution >= 4 is 11.7 Å². The Balaban J connectivity index is 1.95. The first kappa shape index (κ1) is 12.1. The SMILES string of the molecule is NNc1ccc(C(=O)OCc2ccccc2)cc1. The van der Waals surface area contributed by atoms with Crippen LogP contribution in [0.2, 0.25) is 0 Å². The molecule has 0 fully saturated rings. The molecule has 18 heavy (non-hydrogen) atoms. The molecule has 2 aromatic rings. The molecule has 4 heteroatoms. The van der Waals surface area contributed by atoms with Crippen LogP contribution in [0.1, 0.15) is 15.9 Å². The number of ether oxygens (including phenoxy) is 1. The third-order valence-corrected chi connectivity index (χ3v) is 2.50. The maximum absolute atomic E-state index is 11.7. The minimum absolute atomic E-state index is 0.274. The fraction of sp³-hybridized carbons (Fsp3) is 0.0714. The van der Waals surface area contributed by atoms with Crippen molar-refractivity contribution in [1.82, 2.24) is 0 Å². The summed E-state index contributed by atoms with van der Waals surface area (Å²) in [5.74, 6) is 4.90. The highest BCUT2D eigenvalue weighted by molar-refractivity contribution is 5.89. The van der Waals surface area contributed by atoms with Gasteiger partial charge in [-0.25, -0.2) is 4.79 Å². The lowest BCUT2D eigenvalue weighted by Gasteiger charge is -2.05. The Morgan fingerprint density at radius 1 is 1.06 bits per heavy atom. The Morgan fingerprint density at radius 3 is 2.33 bits per heavy atom. The van der Waals surface area contributed by atoms with E-state index >= 15 is 0 Å². The number of nitrogens with two attached hydrogens (primary N) is 1. The van der Waals surface area contributed by atoms with Crippen molar-refractivity contribution in [2.45, 2.75) is 6.61 Å². The topological polar surface area (TPSA) is 64.3 Å². The number of hydrogen-bond donors (Lipinski definition) is 2. The van der Waals surface area contributed by atoms with Crippen LogP contribution in [0.3, 0.4) is 0 Å². The summed E-state index contributed by atoms with van der Waals surface area (Å²) in [7, 11) is 0. The minimum atomic E-state index is -0.345. The van der Waals surface area contributed by atoms with E-state index in [0.29, 0.717) is 5.56 Å². The van der Waals surface area contributed by atoms with E-state index in [1.54, 1.807) is 24.3 Å². The monoisotopic (exact) mass is 242 g/mol. The number of hydrogen-bond acceptors (Lipinski definition) is 4. The van der Waals surface area contributed by atoms with Crippen molar-refractivity contribution in [1.29, 1.82) is 0 Å². The molecule has 0 aromatic heterocycles. The fourth-order valence-electron chi connectivity index (χ4n) is 1.51. The van der Waals surface area contributed by atoms with Gasteiger partial charge in [-0.15, -0.1) is 0 Å². The van der Waals surface area contributed by atoms with Gasteiger partial charge in [0.1, 0.15) is 6.61 Å². The molecule has 4 nitrogen and oxygen atoms in total. The fourth-order valence-corrected chi connectivity index (χ4v) is 1.51. The zero-order valence-electron chi connectivity index (χ0n) is 9.80. The summed E-state index contributed by atoms with van der Waals surface area (Å²) in [6.45, 7) is 0.274. The molecular weight excluding hydrogens is 228 g/mol. The second kappa shape index (κ2) is 5.84. The van der Waals surface area contributed by atoms with Crippen LogP contribution in [0.4, 0.5) is 5.69 Å². The van der Waals surface area contributed by atoms with E-state index in [4.69, 9.17) is 10.6 Å². The van der Waals surface area contributed by atoms with Crippen molar-refractivity contribution in [2.24, 2.45) is 5.84 Å². The van der Waals surface area contributed by atoms with E-state index in [-0.39, 0.29) is 12.6 Å². The molecule has 0 saturated heterocycles. The summed E-state index contributed by atoms with van der Waals surface area (Å²) < 4.78 is 5.20. The van der Waals surface area contributed by atoms with Gasteiger partial charge < -0.3 is 10.2 Å². The van der Waals surface area contributed by atoms with E-state index in [1.807, 2.05) is 30.3 Å². The standard InChI is InChI=1S/C14H14N2O2/c15-16-13-8-6-12(7-9-13)14(17)18-10-11-4-2-1-3-5-11/h1-9,16H,10,15H2. The number of hydrazine groups is 1. The van der Waals surface area contributed by atoms with Gasteiger partial charge >= 0.3 is 5.97 Å². The Bertz CT molecular complexity index is 509. The van der Waals surface area contributed by atoms with E-state index in [9.17, 15) is 4.79 Å². The average Bonchev–Trinajstić information content (AvgIpc) is 2.46. The Labute approximate surface area is 105 Å². The number of esters is 1. The lowest BCUT2D eigenvalue weighted by atomic mass is 10.2. The van der Waals surface area contributed by atoms with Gasteiger partial charge in [0.15, 0.2) is 0 Å². The first-order chi connectivity index (χ1) is 8.79. The Morgan fingerprint density at radius 2 is 1.72 bits per heavy atom. The predicted molar refractivity (Wildman–Crippen MR) is 69.8 cm³/mol. The molecule has 92 valence electrons. The summed E-state index contributed by atoms with van der Waals surface area (Å²) >= 11 is 0. The number of carbonyl (C=O) groups is 1. The van der Waals surface area contributed by atoms with E-state index in [1.165, 1.54) is 0 Å². The van der Waals surface area contributed by atoms with E-state index in [0.717, 1.165) is 11.3 Å². The van der Waals surface area contributed by atoms with Crippen LogP contribution in [0.15, 0.2) is 54.6 Å². The number of benzene rings is 2. The molecule has 0 bridgehead atoms. The molecule has 0 aliphatic carbocycles. The molecule has 0 spiro atoms. The summed E-state index contributed by atoms with van der Waals surface area (Å²) in [6.07, 6.45) is 0. The number of nitrogen functional groups attached to an aromatic ring is 1. The zero-order chi connectivity index (χ0) is 12.8. The van der Waals surface area contributed by atoms with E-state index in [2.05, 4.69) is 5.43 Å². The molecule has 0 unspecified atom stereocenters. The van der Waals surface area contributed by atoms with Crippen molar-refractivity contribution in [3.05, 3.63) is 65.7 Å². The van der Waals surface area contributed by atoms with Crippen LogP contribution in [0, 0.1) is 0 Å². The first-order valence-electron chi connectivity index (χ1n) is 5.57. The highest BCUT2D eigenvalue weighted by Gasteiger charge is 2.06. The molecule has 0 atom stereocenters. The minimum Gasteiger partial charge on any atom is -0.457 e. The second-order valence-corrected chi connectivity index (χ2v) is 3.78. The molecule has 2 rings (SSSR count). The molecule has 0 amide bonds. The van der Waals surface area contributed by atoms with Gasteiger partial charge in [0, 0.05) is 5.69 Å². The second-order valence-electron chi connectivity index (χ2n) is 3.78. The third-order valence-electron chi connectivity index (χ3n) is 2.50. The number of carbonyl (C=O) groups excluding carboxylic acids is 1. The molecule has 0 heterocycles. The summed E-state index contributed by atoms with van der Waals surface area (Å²) in [5, 5.41) is 0. The van der Waals surface area contributed by atoms with Crippen LogP contribution in [-0.4, -0.2) is 5.97 Å². The molecule has 0 aliphatic heterocycles. The highest BCUT2D eigenvalue weighted by atomic mass is 16.5. The number of anilines is 1. The van der Waals surface area contributed by atoms with Crippen LogP contribution in [0.5, 0.6) is 0 Å². The summed E-state index contributed by atoms with van der Waals surface area (Å²) in [6, 6.07) is 16.3. The van der Waals surface area contributed by atoms with Crippen LogP contribution < -0.4 is 11.3 Å². The normalized spacial score (nSPS) is 9.83. The van der Waals surface area contributed by atoms with Gasteiger partial charge in [0.05, 0.1) is 5.56 Å². The maximum Gasteiger partial charge on any atom is 0.338 e. The lowest BCUT2D eigenvalue weighted by Crippen LogP contribution is -2.08. The lowest BCUT2D eigenvalue weighted by molar-refractivity contribution is 0.0473. The smallest absolute Gasteiger partial charge is 0.338 e. The first-order valence-corrected chi connectivity index (χ1v) is 5.57. The maximum atomic E-state index is 11.7. The van der Waals surface area contributed by atoms with Crippen molar-refractivity contribution in [2.75, 3.05) is 5.43 Å². The molecular formula is C14H14N2O2. The van der Waals surface area contributed by atoms with Crippen molar-refractivity contribution in [3.63, 3.8) is 0 Å². The Kier molecular flexibility index (Phi) is 3.94. The van der Waals surface area contributed by atoms with Crippen molar-refractivity contribution < 1.29 is 9.53 Å². The summed E-state index contributed by atoms with van der Waals surface area (Å²) in [5.41, 5.74) is 4.71. The molecule has 2 aromatic carbocycles. The molecule has 0 aliphatic rings. The van der Waals surface area contributed by atoms with Gasteiger partial charge in [-0.1, -0.05) is 30.3 Å². The number of rotatable bonds is 4. The van der Waals surface area contributed by atoms with Crippen LogP contribution >= 0.6 is 0 Å². The largest absolute Gasteiger partial charge is 0.457 e. The van der Waals surface area contributed by atoms with Crippen LogP contribution in [-0.2, 0) is 11.3 Å². The highest BCUT2D eigenvalue weighted by Crippen LogP contribution is 2.10. The van der Waals surface area contributed by atoms with Gasteiger partial charge in [-0.3, -0.25) is 5.84 Å². The van der Waals surface area contributed by atoms with Gasteiger partial charge in [-0.05, 0) is 29.8 Å². The quantitative estimate of drug-likeness (QED) is 0.490. The van der Waals surface area contributed by atoms with E-state index < -0.39 is 0 Å². The third kappa shape index (κ3) is 3.09. The average molecular weight is 242 g/mol. The van der Waals surface area contributed by atoms with Crippen molar-refractivity contribution in [3.8, 4) is 0 Å². The zero-order valence-corrected chi connectivity index (χ0v) is 9.80. The van der Waals surface area contributed by atoms with Gasteiger partial charge in [-0.2, -0.15) is 0 Å². The van der Waals surface area contributed by atoms with Gasteiger partial charge in [0.2, 0.25) is 0 Å². The molecule has 0 saturated carbocycles. The predicted octanol–water partition coefficient (Wildman–Crippen LogP) is 2.33. The Hall–Kier alpha value is -2.33. The molecule has 3 N–H and O–H groups in total. The molecule has 0 radical (unpaired) electrons. The van der Waals surface area contributed by atoms with Crippen LogP contribution in [0.25, 0.3) is 0 Å².